The Hall–Kier alpha value is -1.55. The van der Waals surface area contributed by atoms with Gasteiger partial charge in [-0.25, -0.2) is 4.79 Å². The second kappa shape index (κ2) is 5.83. The van der Waals surface area contributed by atoms with Gasteiger partial charge >= 0.3 is 6.03 Å². The number of carbonyl (C=O) groups excluding carboxylic acids is 1. The summed E-state index contributed by atoms with van der Waals surface area (Å²) in [6.07, 6.45) is 2.64. The zero-order valence-corrected chi connectivity index (χ0v) is 12.1. The lowest BCUT2D eigenvalue weighted by Gasteiger charge is -2.41. The van der Waals surface area contributed by atoms with Crippen LogP contribution in [0, 0.1) is 0 Å². The van der Waals surface area contributed by atoms with Gasteiger partial charge in [0, 0.05) is 32.2 Å². The normalized spacial score (nSPS) is 23.6. The molecule has 2 aliphatic rings. The Balaban J connectivity index is 1.79. The molecule has 0 unspecified atom stereocenters. The monoisotopic (exact) mass is 273 g/mol. The van der Waals surface area contributed by atoms with Crippen LogP contribution in [0.4, 0.5) is 4.79 Å². The Morgan fingerprint density at radius 3 is 2.65 bits per heavy atom. The molecule has 1 aromatic rings. The van der Waals surface area contributed by atoms with E-state index < -0.39 is 0 Å². The van der Waals surface area contributed by atoms with Crippen LogP contribution in [-0.2, 0) is 0 Å². The number of amides is 2. The number of nitrogens with one attached hydrogen (secondary N) is 1. The average Bonchev–Trinajstić information content (AvgIpc) is 3.32. The number of hydrogen-bond acceptors (Lipinski definition) is 2. The molecular weight excluding hydrogens is 250 g/mol. The van der Waals surface area contributed by atoms with E-state index in [4.69, 9.17) is 0 Å². The van der Waals surface area contributed by atoms with Crippen LogP contribution in [0.25, 0.3) is 0 Å². The number of nitrogens with zero attached hydrogens (tertiary/aromatic N) is 2. The summed E-state index contributed by atoms with van der Waals surface area (Å²) in [6.45, 7) is 5.44. The van der Waals surface area contributed by atoms with Gasteiger partial charge in [0.05, 0.1) is 6.04 Å². The molecule has 1 heterocycles. The Morgan fingerprint density at radius 1 is 1.25 bits per heavy atom. The number of urea groups is 1. The molecule has 4 heteroatoms. The predicted octanol–water partition coefficient (Wildman–Crippen LogP) is 2.24. The molecule has 20 heavy (non-hydrogen) atoms. The number of carbonyl (C=O) groups is 1. The van der Waals surface area contributed by atoms with Gasteiger partial charge in [-0.3, -0.25) is 4.90 Å². The SMILES string of the molecule is CCNC(=O)N1CCN(C2CC2)C[C@H]1c1ccccc1. The lowest BCUT2D eigenvalue weighted by atomic mass is 10.0. The van der Waals surface area contributed by atoms with Crippen LogP contribution >= 0.6 is 0 Å². The maximum atomic E-state index is 12.3. The predicted molar refractivity (Wildman–Crippen MR) is 79.6 cm³/mol. The standard InChI is InChI=1S/C16H23N3O/c1-2-17-16(20)19-11-10-18(14-8-9-14)12-15(19)13-6-4-3-5-7-13/h3-7,14-15H,2,8-12H2,1H3,(H,17,20)/t15-/m0/s1. The third-order valence-electron chi connectivity index (χ3n) is 4.25. The molecule has 4 nitrogen and oxygen atoms in total. The number of benzene rings is 1. The summed E-state index contributed by atoms with van der Waals surface area (Å²) in [6, 6.07) is 11.4. The second-order valence-corrected chi connectivity index (χ2v) is 5.68. The lowest BCUT2D eigenvalue weighted by molar-refractivity contribution is 0.0895. The summed E-state index contributed by atoms with van der Waals surface area (Å²) < 4.78 is 0. The highest BCUT2D eigenvalue weighted by atomic mass is 16.2. The number of piperazine rings is 1. The summed E-state index contributed by atoms with van der Waals surface area (Å²) in [4.78, 5) is 16.8. The fourth-order valence-corrected chi connectivity index (χ4v) is 3.03. The largest absolute Gasteiger partial charge is 0.338 e. The van der Waals surface area contributed by atoms with Crippen LogP contribution in [0.1, 0.15) is 31.4 Å². The van der Waals surface area contributed by atoms with E-state index in [0.717, 1.165) is 25.7 Å². The van der Waals surface area contributed by atoms with Crippen molar-refractivity contribution in [3.8, 4) is 0 Å². The van der Waals surface area contributed by atoms with Gasteiger partial charge in [0.2, 0.25) is 0 Å². The van der Waals surface area contributed by atoms with Crippen LogP contribution in [0.5, 0.6) is 0 Å². The van der Waals surface area contributed by atoms with E-state index in [1.54, 1.807) is 0 Å². The van der Waals surface area contributed by atoms with Gasteiger partial charge in [0.25, 0.3) is 0 Å². The van der Waals surface area contributed by atoms with Gasteiger partial charge in [0.15, 0.2) is 0 Å². The highest BCUT2D eigenvalue weighted by Crippen LogP contribution is 2.33. The van der Waals surface area contributed by atoms with Crippen molar-refractivity contribution in [3.63, 3.8) is 0 Å². The minimum atomic E-state index is 0.0665. The molecule has 1 aliphatic carbocycles. The fraction of sp³-hybridized carbons (Fsp3) is 0.562. The van der Waals surface area contributed by atoms with Crippen LogP contribution in [0.2, 0.25) is 0 Å². The molecular formula is C16H23N3O. The van der Waals surface area contributed by atoms with Gasteiger partial charge in [-0.15, -0.1) is 0 Å². The molecule has 0 radical (unpaired) electrons. The zero-order valence-electron chi connectivity index (χ0n) is 12.1. The van der Waals surface area contributed by atoms with E-state index in [-0.39, 0.29) is 12.1 Å². The van der Waals surface area contributed by atoms with Gasteiger partial charge in [-0.2, -0.15) is 0 Å². The Bertz CT molecular complexity index is 458. The maximum absolute atomic E-state index is 12.3. The number of hydrogen-bond donors (Lipinski definition) is 1. The minimum Gasteiger partial charge on any atom is -0.338 e. The first-order valence-corrected chi connectivity index (χ1v) is 7.63. The molecule has 0 aromatic heterocycles. The van der Waals surface area contributed by atoms with Crippen LogP contribution in [0.3, 0.4) is 0 Å². The summed E-state index contributed by atoms with van der Waals surface area (Å²) in [5, 5.41) is 2.94. The highest BCUT2D eigenvalue weighted by molar-refractivity contribution is 5.75. The molecule has 3 rings (SSSR count). The van der Waals surface area contributed by atoms with Gasteiger partial charge in [-0.1, -0.05) is 30.3 Å². The zero-order chi connectivity index (χ0) is 13.9. The molecule has 0 bridgehead atoms. The fourth-order valence-electron chi connectivity index (χ4n) is 3.03. The molecule has 0 spiro atoms. The molecule has 1 N–H and O–H groups in total. The van der Waals surface area contributed by atoms with Crippen molar-refractivity contribution in [3.05, 3.63) is 35.9 Å². The van der Waals surface area contributed by atoms with E-state index in [1.807, 2.05) is 17.9 Å². The van der Waals surface area contributed by atoms with E-state index in [1.165, 1.54) is 18.4 Å². The number of rotatable bonds is 3. The smallest absolute Gasteiger partial charge is 0.317 e. The Labute approximate surface area is 120 Å². The maximum Gasteiger partial charge on any atom is 0.317 e. The van der Waals surface area contributed by atoms with Crippen molar-refractivity contribution in [2.24, 2.45) is 0 Å². The van der Waals surface area contributed by atoms with E-state index in [9.17, 15) is 4.79 Å². The van der Waals surface area contributed by atoms with Crippen molar-refractivity contribution in [2.45, 2.75) is 31.8 Å². The molecule has 1 saturated heterocycles. The first-order chi connectivity index (χ1) is 9.79. The van der Waals surface area contributed by atoms with Crippen molar-refractivity contribution < 1.29 is 4.79 Å². The third-order valence-corrected chi connectivity index (χ3v) is 4.25. The molecule has 108 valence electrons. The first kappa shape index (κ1) is 13.4. The van der Waals surface area contributed by atoms with Gasteiger partial charge in [-0.05, 0) is 25.3 Å². The van der Waals surface area contributed by atoms with Crippen LogP contribution < -0.4 is 5.32 Å². The molecule has 1 atom stereocenters. The first-order valence-electron chi connectivity index (χ1n) is 7.63. The molecule has 1 aliphatic heterocycles. The van der Waals surface area contributed by atoms with Gasteiger partial charge in [0.1, 0.15) is 0 Å². The second-order valence-electron chi connectivity index (χ2n) is 5.68. The van der Waals surface area contributed by atoms with Crippen molar-refractivity contribution in [2.75, 3.05) is 26.2 Å². The van der Waals surface area contributed by atoms with E-state index >= 15 is 0 Å². The van der Waals surface area contributed by atoms with Crippen molar-refractivity contribution in [1.82, 2.24) is 15.1 Å². The Morgan fingerprint density at radius 2 is 2.00 bits per heavy atom. The molecule has 2 fully saturated rings. The van der Waals surface area contributed by atoms with E-state index in [2.05, 4.69) is 34.5 Å². The summed E-state index contributed by atoms with van der Waals surface area (Å²) >= 11 is 0. The van der Waals surface area contributed by atoms with Gasteiger partial charge < -0.3 is 10.2 Å². The topological polar surface area (TPSA) is 35.6 Å². The third kappa shape index (κ3) is 2.80. The minimum absolute atomic E-state index is 0.0665. The summed E-state index contributed by atoms with van der Waals surface area (Å²) in [5.74, 6) is 0. The van der Waals surface area contributed by atoms with E-state index in [0.29, 0.717) is 6.54 Å². The van der Waals surface area contributed by atoms with Crippen LogP contribution in [-0.4, -0.2) is 48.1 Å². The van der Waals surface area contributed by atoms with Crippen LogP contribution in [0.15, 0.2) is 30.3 Å². The summed E-state index contributed by atoms with van der Waals surface area (Å²) in [5.41, 5.74) is 1.24. The average molecular weight is 273 g/mol. The quantitative estimate of drug-likeness (QED) is 0.916. The Kier molecular flexibility index (Phi) is 3.92. The lowest BCUT2D eigenvalue weighted by Crippen LogP contribution is -2.53. The van der Waals surface area contributed by atoms with Crippen molar-refractivity contribution in [1.29, 1.82) is 0 Å². The summed E-state index contributed by atoms with van der Waals surface area (Å²) in [7, 11) is 0. The molecule has 1 aromatic carbocycles. The van der Waals surface area contributed by atoms with Crippen molar-refractivity contribution >= 4 is 6.03 Å². The highest BCUT2D eigenvalue weighted by Gasteiger charge is 2.37. The molecule has 2 amide bonds. The molecule has 1 saturated carbocycles.